The lowest BCUT2D eigenvalue weighted by molar-refractivity contribution is 0.243. The average molecular weight is 410 g/mol. The maximum absolute atomic E-state index is 5.74. The number of ether oxygens (including phenoxy) is 1. The monoisotopic (exact) mass is 409 g/mol. The van der Waals surface area contributed by atoms with Crippen molar-refractivity contribution < 1.29 is 9.26 Å². The van der Waals surface area contributed by atoms with Gasteiger partial charge in [0.2, 0.25) is 11.8 Å². The van der Waals surface area contributed by atoms with Gasteiger partial charge in [0.05, 0.1) is 11.0 Å². The minimum absolute atomic E-state index is 0.224. The molecule has 0 saturated carbocycles. The molecule has 2 heterocycles. The number of nitrogens with zero attached hydrogens (tertiary/aromatic N) is 4. The number of aryl methyl sites for hydroxylation is 1. The highest BCUT2D eigenvalue weighted by molar-refractivity contribution is 7.98. The Morgan fingerprint density at radius 1 is 1.14 bits per heavy atom. The Hall–Kier alpha value is -3.00. The van der Waals surface area contributed by atoms with Crippen LogP contribution in [0.5, 0.6) is 5.75 Å². The summed E-state index contributed by atoms with van der Waals surface area (Å²) in [5.74, 6) is 2.56. The Morgan fingerprint density at radius 2 is 1.93 bits per heavy atom. The van der Waals surface area contributed by atoms with E-state index < -0.39 is 0 Å². The van der Waals surface area contributed by atoms with Gasteiger partial charge in [-0.25, -0.2) is 4.98 Å². The van der Waals surface area contributed by atoms with Crippen molar-refractivity contribution in [3.05, 3.63) is 48.4 Å². The first-order chi connectivity index (χ1) is 14.0. The van der Waals surface area contributed by atoms with Gasteiger partial charge in [0, 0.05) is 23.5 Å². The Morgan fingerprint density at radius 3 is 2.66 bits per heavy atom. The van der Waals surface area contributed by atoms with Crippen LogP contribution in [0.3, 0.4) is 0 Å². The predicted octanol–water partition coefficient (Wildman–Crippen LogP) is 4.74. The van der Waals surface area contributed by atoms with E-state index in [0.717, 1.165) is 28.3 Å². The third-order valence-corrected chi connectivity index (χ3v) is 5.19. The van der Waals surface area contributed by atoms with Crippen LogP contribution in [0.2, 0.25) is 0 Å². The third kappa shape index (κ3) is 4.22. The first kappa shape index (κ1) is 19.3. The molecule has 0 bridgehead atoms. The molecule has 8 heteroatoms. The van der Waals surface area contributed by atoms with E-state index in [0.29, 0.717) is 17.8 Å². The minimum Gasteiger partial charge on any atom is -0.484 e. The highest BCUT2D eigenvalue weighted by atomic mass is 32.2. The molecule has 0 spiro atoms. The number of benzene rings is 2. The summed E-state index contributed by atoms with van der Waals surface area (Å²) in [5, 5.41) is 7.45. The topological polar surface area (TPSA) is 78.0 Å². The van der Waals surface area contributed by atoms with E-state index in [-0.39, 0.29) is 6.61 Å². The Kier molecular flexibility index (Phi) is 5.44. The molecule has 0 amide bonds. The van der Waals surface area contributed by atoms with Gasteiger partial charge in [-0.2, -0.15) is 4.98 Å². The van der Waals surface area contributed by atoms with Crippen molar-refractivity contribution in [2.45, 2.75) is 31.4 Å². The van der Waals surface area contributed by atoms with Gasteiger partial charge in [-0.05, 0) is 62.6 Å². The molecule has 2 aromatic heterocycles. The SMILES string of the molecule is CSc1ccc(OCc2nc(-c3ccc4nc(NC(C)C)n(C)c4c3)no2)cc1. The summed E-state index contributed by atoms with van der Waals surface area (Å²) < 4.78 is 13.1. The van der Waals surface area contributed by atoms with Gasteiger partial charge in [-0.3, -0.25) is 0 Å². The summed E-state index contributed by atoms with van der Waals surface area (Å²) in [6.07, 6.45) is 2.04. The molecule has 0 aliphatic heterocycles. The van der Waals surface area contributed by atoms with Crippen molar-refractivity contribution in [1.82, 2.24) is 19.7 Å². The summed E-state index contributed by atoms with van der Waals surface area (Å²) in [4.78, 5) is 10.3. The van der Waals surface area contributed by atoms with Gasteiger partial charge >= 0.3 is 0 Å². The van der Waals surface area contributed by atoms with Gasteiger partial charge in [-0.15, -0.1) is 11.8 Å². The van der Waals surface area contributed by atoms with Crippen LogP contribution in [-0.2, 0) is 13.7 Å². The number of rotatable bonds is 7. The first-order valence-electron chi connectivity index (χ1n) is 9.36. The molecule has 4 rings (SSSR count). The molecule has 4 aromatic rings. The van der Waals surface area contributed by atoms with Crippen LogP contribution in [0.25, 0.3) is 22.4 Å². The summed E-state index contributed by atoms with van der Waals surface area (Å²) in [6.45, 7) is 4.40. The van der Waals surface area contributed by atoms with E-state index in [1.165, 1.54) is 4.90 Å². The standard InChI is InChI=1S/C21H23N5O2S/c1-13(2)22-21-23-17-10-5-14(11-18(17)26(21)3)20-24-19(28-25-20)12-27-15-6-8-16(29-4)9-7-15/h5-11,13H,12H2,1-4H3,(H,22,23). The number of hydrogen-bond donors (Lipinski definition) is 1. The molecule has 0 unspecified atom stereocenters. The fourth-order valence-corrected chi connectivity index (χ4v) is 3.37. The summed E-state index contributed by atoms with van der Waals surface area (Å²) in [7, 11) is 1.99. The number of nitrogens with one attached hydrogen (secondary N) is 1. The van der Waals surface area contributed by atoms with Crippen molar-refractivity contribution >= 4 is 28.7 Å². The molecule has 0 aliphatic rings. The molecule has 0 saturated heterocycles. The van der Waals surface area contributed by atoms with Crippen LogP contribution < -0.4 is 10.1 Å². The van der Waals surface area contributed by atoms with Gasteiger partial charge in [0.1, 0.15) is 5.75 Å². The maximum Gasteiger partial charge on any atom is 0.264 e. The second-order valence-electron chi connectivity index (χ2n) is 6.97. The molecule has 7 nitrogen and oxygen atoms in total. The van der Waals surface area contributed by atoms with Gasteiger partial charge < -0.3 is 19.1 Å². The normalized spacial score (nSPS) is 11.3. The quantitative estimate of drug-likeness (QED) is 0.442. The van der Waals surface area contributed by atoms with Crippen LogP contribution in [-0.4, -0.2) is 32.0 Å². The second-order valence-corrected chi connectivity index (χ2v) is 7.85. The lowest BCUT2D eigenvalue weighted by atomic mass is 10.2. The van der Waals surface area contributed by atoms with Crippen LogP contribution in [0, 0.1) is 0 Å². The molecule has 0 atom stereocenters. The Balaban J connectivity index is 1.50. The number of thioether (sulfide) groups is 1. The van der Waals surface area contributed by atoms with Gasteiger partial charge in [-0.1, -0.05) is 5.16 Å². The van der Waals surface area contributed by atoms with E-state index in [1.54, 1.807) is 11.8 Å². The molecule has 0 radical (unpaired) electrons. The summed E-state index contributed by atoms with van der Waals surface area (Å²) >= 11 is 1.69. The largest absolute Gasteiger partial charge is 0.484 e. The lowest BCUT2D eigenvalue weighted by Gasteiger charge is -2.08. The number of fused-ring (bicyclic) bond motifs is 1. The van der Waals surface area contributed by atoms with Gasteiger partial charge in [0.25, 0.3) is 5.89 Å². The van der Waals surface area contributed by atoms with Crippen LogP contribution >= 0.6 is 11.8 Å². The van der Waals surface area contributed by atoms with Crippen LogP contribution in [0.1, 0.15) is 19.7 Å². The maximum atomic E-state index is 5.74. The van der Waals surface area contributed by atoms with Crippen molar-refractivity contribution in [2.75, 3.05) is 11.6 Å². The highest BCUT2D eigenvalue weighted by Gasteiger charge is 2.13. The van der Waals surface area contributed by atoms with E-state index in [1.807, 2.05) is 60.3 Å². The number of anilines is 1. The van der Waals surface area contributed by atoms with E-state index in [4.69, 9.17) is 9.26 Å². The number of aromatic nitrogens is 4. The zero-order valence-corrected chi connectivity index (χ0v) is 17.7. The number of imidazole rings is 1. The second kappa shape index (κ2) is 8.16. The molecular formula is C21H23N5O2S. The smallest absolute Gasteiger partial charge is 0.264 e. The molecular weight excluding hydrogens is 386 g/mol. The molecule has 150 valence electrons. The fraction of sp³-hybridized carbons (Fsp3) is 0.286. The average Bonchev–Trinajstić information content (AvgIpc) is 3.31. The molecule has 0 aliphatic carbocycles. The summed E-state index contributed by atoms with van der Waals surface area (Å²) in [5.41, 5.74) is 2.79. The van der Waals surface area contributed by atoms with E-state index in [2.05, 4.69) is 34.3 Å². The zero-order valence-electron chi connectivity index (χ0n) is 16.8. The lowest BCUT2D eigenvalue weighted by Crippen LogP contribution is -2.13. The minimum atomic E-state index is 0.224. The molecule has 29 heavy (non-hydrogen) atoms. The third-order valence-electron chi connectivity index (χ3n) is 4.45. The first-order valence-corrected chi connectivity index (χ1v) is 10.6. The van der Waals surface area contributed by atoms with Crippen LogP contribution in [0.4, 0.5) is 5.95 Å². The molecule has 2 aromatic carbocycles. The predicted molar refractivity (Wildman–Crippen MR) is 115 cm³/mol. The Bertz CT molecular complexity index is 1120. The van der Waals surface area contributed by atoms with Crippen molar-refractivity contribution in [3.8, 4) is 17.1 Å². The van der Waals surface area contributed by atoms with Crippen molar-refractivity contribution in [1.29, 1.82) is 0 Å². The highest BCUT2D eigenvalue weighted by Crippen LogP contribution is 2.25. The van der Waals surface area contributed by atoms with Crippen LogP contribution in [0.15, 0.2) is 51.9 Å². The zero-order chi connectivity index (χ0) is 20.4. The molecule has 1 N–H and O–H groups in total. The van der Waals surface area contributed by atoms with Crippen molar-refractivity contribution in [2.24, 2.45) is 7.05 Å². The van der Waals surface area contributed by atoms with Crippen molar-refractivity contribution in [3.63, 3.8) is 0 Å². The number of hydrogen-bond acceptors (Lipinski definition) is 7. The van der Waals surface area contributed by atoms with E-state index in [9.17, 15) is 0 Å². The van der Waals surface area contributed by atoms with E-state index >= 15 is 0 Å². The Labute approximate surface area is 173 Å². The molecule has 0 fully saturated rings. The van der Waals surface area contributed by atoms with Gasteiger partial charge in [0.15, 0.2) is 6.61 Å². The fourth-order valence-electron chi connectivity index (χ4n) is 2.96. The summed E-state index contributed by atoms with van der Waals surface area (Å²) in [6, 6.07) is 14.1.